The summed E-state index contributed by atoms with van der Waals surface area (Å²) < 4.78 is 6.01. The molecule has 1 saturated carbocycles. The number of ether oxygens (including phenoxy) is 1. The molecule has 28 heavy (non-hydrogen) atoms. The van der Waals surface area contributed by atoms with E-state index in [0.29, 0.717) is 25.0 Å². The number of rotatable bonds is 8. The van der Waals surface area contributed by atoms with Crippen LogP contribution >= 0.6 is 0 Å². The summed E-state index contributed by atoms with van der Waals surface area (Å²) in [6, 6.07) is 12.7. The molecule has 7 nitrogen and oxygen atoms in total. The lowest BCUT2D eigenvalue weighted by Crippen LogP contribution is -2.36. The number of aliphatic imine (C=N–C) groups is 1. The predicted octanol–water partition coefficient (Wildman–Crippen LogP) is 3.56. The van der Waals surface area contributed by atoms with E-state index in [4.69, 9.17) is 4.74 Å². The van der Waals surface area contributed by atoms with E-state index in [-0.39, 0.29) is 5.69 Å². The summed E-state index contributed by atoms with van der Waals surface area (Å²) in [5, 5.41) is 17.3. The molecule has 0 aromatic heterocycles. The van der Waals surface area contributed by atoms with Crippen LogP contribution in [0.2, 0.25) is 0 Å². The third-order valence-electron chi connectivity index (χ3n) is 4.67. The molecule has 2 aromatic carbocycles. The van der Waals surface area contributed by atoms with E-state index in [1.165, 1.54) is 30.5 Å². The highest BCUT2D eigenvalue weighted by Crippen LogP contribution is 2.30. The Morgan fingerprint density at radius 1 is 1.18 bits per heavy atom. The van der Waals surface area contributed by atoms with Gasteiger partial charge in [-0.3, -0.25) is 15.1 Å². The van der Waals surface area contributed by atoms with Gasteiger partial charge in [0.2, 0.25) is 0 Å². The summed E-state index contributed by atoms with van der Waals surface area (Å²) in [5.74, 6) is 2.29. The normalized spacial score (nSPS) is 13.9. The summed E-state index contributed by atoms with van der Waals surface area (Å²) >= 11 is 0. The van der Waals surface area contributed by atoms with Gasteiger partial charge >= 0.3 is 0 Å². The summed E-state index contributed by atoms with van der Waals surface area (Å²) in [6.07, 6.45) is 2.53. The fourth-order valence-corrected chi connectivity index (χ4v) is 2.76. The maximum absolute atomic E-state index is 10.7. The van der Waals surface area contributed by atoms with Crippen molar-refractivity contribution in [1.29, 1.82) is 0 Å². The molecule has 148 valence electrons. The van der Waals surface area contributed by atoms with Crippen LogP contribution in [0.3, 0.4) is 0 Å². The van der Waals surface area contributed by atoms with Gasteiger partial charge in [0.1, 0.15) is 5.75 Å². The van der Waals surface area contributed by atoms with Crippen molar-refractivity contribution in [2.45, 2.75) is 32.9 Å². The number of aryl methyl sites for hydroxylation is 1. The van der Waals surface area contributed by atoms with Crippen LogP contribution in [0.1, 0.15) is 29.5 Å². The number of non-ortho nitro benzene ring substituents is 1. The van der Waals surface area contributed by atoms with Crippen LogP contribution in [0, 0.1) is 23.0 Å². The zero-order valence-electron chi connectivity index (χ0n) is 16.3. The van der Waals surface area contributed by atoms with Crippen molar-refractivity contribution in [3.8, 4) is 5.75 Å². The van der Waals surface area contributed by atoms with Gasteiger partial charge in [-0.05, 0) is 42.9 Å². The fourth-order valence-electron chi connectivity index (χ4n) is 2.76. The van der Waals surface area contributed by atoms with Gasteiger partial charge < -0.3 is 15.4 Å². The predicted molar refractivity (Wildman–Crippen MR) is 110 cm³/mol. The number of hydrogen-bond acceptors (Lipinski definition) is 4. The summed E-state index contributed by atoms with van der Waals surface area (Å²) in [6.45, 7) is 3.96. The summed E-state index contributed by atoms with van der Waals surface area (Å²) in [5.41, 5.74) is 3.29. The van der Waals surface area contributed by atoms with Crippen molar-refractivity contribution >= 4 is 11.6 Å². The van der Waals surface area contributed by atoms with Gasteiger partial charge in [-0.15, -0.1) is 0 Å². The molecule has 0 saturated heterocycles. The van der Waals surface area contributed by atoms with E-state index in [9.17, 15) is 10.1 Å². The molecular weight excluding hydrogens is 356 g/mol. The molecule has 1 aliphatic rings. The van der Waals surface area contributed by atoms with Crippen molar-refractivity contribution in [1.82, 2.24) is 10.6 Å². The quantitative estimate of drug-likeness (QED) is 0.315. The minimum absolute atomic E-state index is 0.0874. The van der Waals surface area contributed by atoms with Gasteiger partial charge in [-0.25, -0.2) is 0 Å². The van der Waals surface area contributed by atoms with Gasteiger partial charge in [0.05, 0.1) is 11.5 Å². The maximum atomic E-state index is 10.7. The molecule has 0 heterocycles. The SMILES string of the molecule is CN=C(NCc1ccc([N+](=O)[O-])cc1)NCc1ccc(C)cc1OCC1CC1. The number of guanidine groups is 1. The highest BCUT2D eigenvalue weighted by atomic mass is 16.6. The molecule has 0 radical (unpaired) electrons. The first-order chi connectivity index (χ1) is 13.5. The minimum atomic E-state index is -0.401. The number of nitro benzene ring substituents is 1. The van der Waals surface area contributed by atoms with Gasteiger partial charge in [-0.1, -0.05) is 24.3 Å². The third-order valence-corrected chi connectivity index (χ3v) is 4.67. The topological polar surface area (TPSA) is 88.8 Å². The lowest BCUT2D eigenvalue weighted by atomic mass is 10.1. The number of nitrogens with one attached hydrogen (secondary N) is 2. The van der Waals surface area contributed by atoms with Crippen molar-refractivity contribution in [2.75, 3.05) is 13.7 Å². The minimum Gasteiger partial charge on any atom is -0.493 e. The molecule has 0 aliphatic heterocycles. The Hall–Kier alpha value is -3.09. The van der Waals surface area contributed by atoms with Crippen LogP contribution in [-0.4, -0.2) is 24.5 Å². The molecule has 1 fully saturated rings. The van der Waals surface area contributed by atoms with Crippen LogP contribution in [-0.2, 0) is 13.1 Å². The molecule has 0 spiro atoms. The first kappa shape index (κ1) is 19.7. The highest BCUT2D eigenvalue weighted by molar-refractivity contribution is 5.79. The average molecular weight is 382 g/mol. The second-order valence-electron chi connectivity index (χ2n) is 7.07. The maximum Gasteiger partial charge on any atom is 0.269 e. The van der Waals surface area contributed by atoms with Crippen LogP contribution in [0.25, 0.3) is 0 Å². The Bertz CT molecular complexity index is 845. The second-order valence-corrected chi connectivity index (χ2v) is 7.07. The molecule has 3 rings (SSSR count). The zero-order valence-corrected chi connectivity index (χ0v) is 16.3. The Morgan fingerprint density at radius 3 is 2.54 bits per heavy atom. The van der Waals surface area contributed by atoms with Crippen LogP contribution in [0.15, 0.2) is 47.5 Å². The van der Waals surface area contributed by atoms with Crippen molar-refractivity contribution in [3.63, 3.8) is 0 Å². The Balaban J connectivity index is 1.54. The number of hydrogen-bond donors (Lipinski definition) is 2. The second kappa shape index (κ2) is 9.21. The zero-order chi connectivity index (χ0) is 19.9. The summed E-state index contributed by atoms with van der Waals surface area (Å²) in [4.78, 5) is 14.6. The Morgan fingerprint density at radius 2 is 1.89 bits per heavy atom. The average Bonchev–Trinajstić information content (AvgIpc) is 3.52. The molecule has 0 unspecified atom stereocenters. The van der Waals surface area contributed by atoms with Gasteiger partial charge in [-0.2, -0.15) is 0 Å². The molecule has 2 aromatic rings. The fraction of sp³-hybridized carbons (Fsp3) is 0.381. The molecule has 2 N–H and O–H groups in total. The standard InChI is InChI=1S/C21H26N4O3/c1-15-3-8-18(20(11-15)28-14-17-4-5-17)13-24-21(22-2)23-12-16-6-9-19(10-7-16)25(26)27/h3,6-11,17H,4-5,12-14H2,1-2H3,(H2,22,23,24). The Kier molecular flexibility index (Phi) is 6.47. The largest absolute Gasteiger partial charge is 0.493 e. The van der Waals surface area contributed by atoms with E-state index in [1.54, 1.807) is 19.2 Å². The van der Waals surface area contributed by atoms with E-state index in [1.807, 2.05) is 0 Å². The lowest BCUT2D eigenvalue weighted by Gasteiger charge is -2.15. The number of nitrogens with zero attached hydrogens (tertiary/aromatic N) is 2. The first-order valence-electron chi connectivity index (χ1n) is 9.45. The molecule has 0 bridgehead atoms. The van der Waals surface area contributed by atoms with E-state index in [2.05, 4.69) is 40.7 Å². The smallest absolute Gasteiger partial charge is 0.269 e. The number of nitro groups is 1. The van der Waals surface area contributed by atoms with Gasteiger partial charge in [0.25, 0.3) is 5.69 Å². The lowest BCUT2D eigenvalue weighted by molar-refractivity contribution is -0.384. The molecule has 1 aliphatic carbocycles. The van der Waals surface area contributed by atoms with Crippen molar-refractivity contribution in [2.24, 2.45) is 10.9 Å². The van der Waals surface area contributed by atoms with E-state index in [0.717, 1.165) is 23.5 Å². The van der Waals surface area contributed by atoms with E-state index >= 15 is 0 Å². The van der Waals surface area contributed by atoms with Gasteiger partial charge in [0, 0.05) is 37.8 Å². The van der Waals surface area contributed by atoms with E-state index < -0.39 is 4.92 Å². The molecular formula is C21H26N4O3. The number of benzene rings is 2. The van der Waals surface area contributed by atoms with Crippen LogP contribution in [0.4, 0.5) is 5.69 Å². The first-order valence-corrected chi connectivity index (χ1v) is 9.45. The Labute approximate surface area is 165 Å². The van der Waals surface area contributed by atoms with Crippen molar-refractivity contribution in [3.05, 3.63) is 69.3 Å². The molecule has 7 heteroatoms. The monoisotopic (exact) mass is 382 g/mol. The van der Waals surface area contributed by atoms with Gasteiger partial charge in [0.15, 0.2) is 5.96 Å². The molecule has 0 atom stereocenters. The third kappa shape index (κ3) is 5.70. The molecule has 0 amide bonds. The highest BCUT2D eigenvalue weighted by Gasteiger charge is 2.22. The van der Waals surface area contributed by atoms with Crippen molar-refractivity contribution < 1.29 is 9.66 Å². The van der Waals surface area contributed by atoms with Crippen LogP contribution in [0.5, 0.6) is 5.75 Å². The van der Waals surface area contributed by atoms with Crippen LogP contribution < -0.4 is 15.4 Å². The summed E-state index contributed by atoms with van der Waals surface area (Å²) in [7, 11) is 1.71.